The van der Waals surface area contributed by atoms with Crippen LogP contribution < -0.4 is 0 Å². The van der Waals surface area contributed by atoms with Gasteiger partial charge in [-0.3, -0.25) is 4.99 Å². The smallest absolute Gasteiger partial charge is 0.0360 e. The van der Waals surface area contributed by atoms with Crippen molar-refractivity contribution in [3.63, 3.8) is 0 Å². The molecule has 0 aromatic carbocycles. The van der Waals surface area contributed by atoms with Gasteiger partial charge >= 0.3 is 0 Å². The molecule has 0 fully saturated rings. The highest BCUT2D eigenvalue weighted by Crippen LogP contribution is 2.17. The van der Waals surface area contributed by atoms with E-state index in [1.54, 1.807) is 11.1 Å². The lowest BCUT2D eigenvalue weighted by Crippen LogP contribution is -1.94. The Morgan fingerprint density at radius 3 is 2.00 bits per heavy atom. The Bertz CT molecular complexity index is 217. The largest absolute Gasteiger partial charge is 0.295 e. The van der Waals surface area contributed by atoms with Gasteiger partial charge in [-0.15, -0.1) is 0 Å². The molecule has 0 unspecified atom stereocenters. The first-order chi connectivity index (χ1) is 7.15. The summed E-state index contributed by atoms with van der Waals surface area (Å²) in [6.07, 6.45) is 6.08. The Kier molecular flexibility index (Phi) is 8.35. The minimum Gasteiger partial charge on any atom is -0.295 e. The molecule has 1 nitrogen and oxygen atoms in total. The van der Waals surface area contributed by atoms with Crippen LogP contribution in [0.2, 0.25) is 0 Å². The van der Waals surface area contributed by atoms with Crippen LogP contribution in [0.5, 0.6) is 0 Å². The third kappa shape index (κ3) is 6.48. The Hall–Kier alpha value is -0.590. The maximum Gasteiger partial charge on any atom is 0.0360 e. The van der Waals surface area contributed by atoms with E-state index in [1.807, 2.05) is 0 Å². The van der Waals surface area contributed by atoms with Gasteiger partial charge in [-0.1, -0.05) is 25.0 Å². The number of nitrogens with zero attached hydrogens (tertiary/aromatic N) is 1. The van der Waals surface area contributed by atoms with Gasteiger partial charge in [0.1, 0.15) is 0 Å². The maximum atomic E-state index is 4.41. The molecule has 0 amide bonds. The summed E-state index contributed by atoms with van der Waals surface area (Å²) in [5.41, 5.74) is 4.55. The van der Waals surface area contributed by atoms with Crippen molar-refractivity contribution >= 4 is 5.71 Å². The van der Waals surface area contributed by atoms with Crippen molar-refractivity contribution in [3.8, 4) is 0 Å². The zero-order chi connectivity index (χ0) is 11.7. The molecule has 88 valence electrons. The number of rotatable bonds is 7. The molecule has 0 saturated carbocycles. The van der Waals surface area contributed by atoms with Gasteiger partial charge in [0.15, 0.2) is 0 Å². The van der Waals surface area contributed by atoms with Crippen LogP contribution >= 0.6 is 0 Å². The van der Waals surface area contributed by atoms with Gasteiger partial charge in [0.2, 0.25) is 0 Å². The summed E-state index contributed by atoms with van der Waals surface area (Å²) in [5, 5.41) is 0. The van der Waals surface area contributed by atoms with Crippen LogP contribution in [-0.4, -0.2) is 12.3 Å². The van der Waals surface area contributed by atoms with Crippen molar-refractivity contribution in [1.29, 1.82) is 0 Å². The SMILES string of the molecule is CC/N=C(/C)CCCC(C)=C(CC)CC. The molecule has 0 bridgehead atoms. The average molecular weight is 209 g/mol. The number of aliphatic imine (C=N–C) groups is 1. The van der Waals surface area contributed by atoms with E-state index in [9.17, 15) is 0 Å². The highest BCUT2D eigenvalue weighted by molar-refractivity contribution is 5.81. The zero-order valence-electron chi connectivity index (χ0n) is 11.2. The average Bonchev–Trinajstić information content (AvgIpc) is 2.20. The van der Waals surface area contributed by atoms with Crippen LogP contribution in [0.25, 0.3) is 0 Å². The molecule has 0 heterocycles. The Labute approximate surface area is 95.7 Å². The van der Waals surface area contributed by atoms with Crippen molar-refractivity contribution in [3.05, 3.63) is 11.1 Å². The molecule has 0 atom stereocenters. The van der Waals surface area contributed by atoms with Crippen molar-refractivity contribution in [1.82, 2.24) is 0 Å². The van der Waals surface area contributed by atoms with Crippen LogP contribution in [0.4, 0.5) is 0 Å². The van der Waals surface area contributed by atoms with Crippen molar-refractivity contribution in [2.45, 2.75) is 66.7 Å². The van der Waals surface area contributed by atoms with Crippen molar-refractivity contribution in [2.24, 2.45) is 4.99 Å². The molecule has 0 rings (SSSR count). The molecule has 1 heteroatoms. The van der Waals surface area contributed by atoms with Gasteiger partial charge in [0.05, 0.1) is 0 Å². The second kappa shape index (κ2) is 8.70. The summed E-state index contributed by atoms with van der Waals surface area (Å²) >= 11 is 0. The summed E-state index contributed by atoms with van der Waals surface area (Å²) in [7, 11) is 0. The molecular formula is C14H27N. The second-order valence-electron chi connectivity index (χ2n) is 4.15. The predicted molar refractivity (Wildman–Crippen MR) is 70.8 cm³/mol. The van der Waals surface area contributed by atoms with Gasteiger partial charge in [0, 0.05) is 12.3 Å². The van der Waals surface area contributed by atoms with E-state index in [0.717, 1.165) is 13.0 Å². The highest BCUT2D eigenvalue weighted by Gasteiger charge is 1.99. The van der Waals surface area contributed by atoms with Crippen LogP contribution in [0.1, 0.15) is 66.7 Å². The molecule has 0 spiro atoms. The highest BCUT2D eigenvalue weighted by atomic mass is 14.7. The Morgan fingerprint density at radius 2 is 1.53 bits per heavy atom. The first kappa shape index (κ1) is 14.4. The lowest BCUT2D eigenvalue weighted by Gasteiger charge is -2.08. The summed E-state index contributed by atoms with van der Waals surface area (Å²) < 4.78 is 0. The van der Waals surface area contributed by atoms with Gasteiger partial charge in [-0.05, 0) is 52.9 Å². The summed E-state index contributed by atoms with van der Waals surface area (Å²) in [4.78, 5) is 4.41. The molecule has 15 heavy (non-hydrogen) atoms. The van der Waals surface area contributed by atoms with E-state index in [4.69, 9.17) is 0 Å². The molecule has 0 saturated heterocycles. The van der Waals surface area contributed by atoms with E-state index >= 15 is 0 Å². The fraction of sp³-hybridized carbons (Fsp3) is 0.786. The maximum absolute atomic E-state index is 4.41. The van der Waals surface area contributed by atoms with Gasteiger partial charge < -0.3 is 0 Å². The molecule has 0 aliphatic carbocycles. The van der Waals surface area contributed by atoms with Gasteiger partial charge in [-0.25, -0.2) is 0 Å². The molecule has 0 aliphatic rings. The number of hydrogen-bond acceptors (Lipinski definition) is 1. The van der Waals surface area contributed by atoms with E-state index in [0.29, 0.717) is 0 Å². The predicted octanol–water partition coefficient (Wildman–Crippen LogP) is 4.77. The normalized spacial score (nSPS) is 11.7. The van der Waals surface area contributed by atoms with Gasteiger partial charge in [0.25, 0.3) is 0 Å². The molecule has 0 aromatic heterocycles. The third-order valence-corrected chi connectivity index (χ3v) is 2.98. The monoisotopic (exact) mass is 209 g/mol. The topological polar surface area (TPSA) is 12.4 Å². The summed E-state index contributed by atoms with van der Waals surface area (Å²) in [6.45, 7) is 12.0. The summed E-state index contributed by atoms with van der Waals surface area (Å²) in [6, 6.07) is 0. The van der Waals surface area contributed by atoms with E-state index in [-0.39, 0.29) is 0 Å². The lowest BCUT2D eigenvalue weighted by molar-refractivity contribution is 0.812. The van der Waals surface area contributed by atoms with Crippen LogP contribution in [-0.2, 0) is 0 Å². The standard InChI is InChI=1S/C14H27N/c1-6-14(7-2)12(4)10-9-11-13(5)15-8-3/h6-11H2,1-5H3/b15-13-. The molecule has 0 radical (unpaired) electrons. The quantitative estimate of drug-likeness (QED) is 0.423. The number of allylic oxidation sites excluding steroid dienone is 2. The third-order valence-electron chi connectivity index (χ3n) is 2.98. The summed E-state index contributed by atoms with van der Waals surface area (Å²) in [5.74, 6) is 0. The van der Waals surface area contributed by atoms with E-state index in [1.165, 1.54) is 31.4 Å². The molecule has 0 aliphatic heterocycles. The fourth-order valence-electron chi connectivity index (χ4n) is 1.99. The Balaban J connectivity index is 3.95. The van der Waals surface area contributed by atoms with E-state index < -0.39 is 0 Å². The fourth-order valence-corrected chi connectivity index (χ4v) is 1.99. The van der Waals surface area contributed by atoms with Crippen molar-refractivity contribution in [2.75, 3.05) is 6.54 Å². The first-order valence-corrected chi connectivity index (χ1v) is 6.33. The van der Waals surface area contributed by atoms with Crippen molar-refractivity contribution < 1.29 is 0 Å². The second-order valence-corrected chi connectivity index (χ2v) is 4.15. The van der Waals surface area contributed by atoms with Crippen LogP contribution in [0.15, 0.2) is 16.1 Å². The zero-order valence-corrected chi connectivity index (χ0v) is 11.2. The minimum absolute atomic E-state index is 0.926. The van der Waals surface area contributed by atoms with E-state index in [2.05, 4.69) is 39.6 Å². The molecule has 0 N–H and O–H groups in total. The Morgan fingerprint density at radius 1 is 0.933 bits per heavy atom. The van der Waals surface area contributed by atoms with Gasteiger partial charge in [-0.2, -0.15) is 0 Å². The lowest BCUT2D eigenvalue weighted by atomic mass is 9.99. The molecular weight excluding hydrogens is 182 g/mol. The minimum atomic E-state index is 0.926. The number of hydrogen-bond donors (Lipinski definition) is 0. The molecule has 0 aromatic rings. The van der Waals surface area contributed by atoms with Crippen LogP contribution in [0, 0.1) is 0 Å². The first-order valence-electron chi connectivity index (χ1n) is 6.33. The van der Waals surface area contributed by atoms with Crippen LogP contribution in [0.3, 0.4) is 0 Å².